The van der Waals surface area contributed by atoms with Gasteiger partial charge in [-0.2, -0.15) is 0 Å². The fraction of sp³-hybridized carbons (Fsp3) is 0.368. The van der Waals surface area contributed by atoms with Crippen LogP contribution in [-0.2, 0) is 13.1 Å². The van der Waals surface area contributed by atoms with Gasteiger partial charge in [-0.1, -0.05) is 55.0 Å². The highest BCUT2D eigenvalue weighted by atomic mass is 16.5. The highest BCUT2D eigenvalue weighted by molar-refractivity contribution is 5.33. The first kappa shape index (κ1) is 15.6. The van der Waals surface area contributed by atoms with Gasteiger partial charge in [-0.3, -0.25) is 0 Å². The van der Waals surface area contributed by atoms with Gasteiger partial charge in [0.25, 0.3) is 0 Å². The van der Waals surface area contributed by atoms with Crippen LogP contribution in [0.15, 0.2) is 48.5 Å². The van der Waals surface area contributed by atoms with Crippen molar-refractivity contribution in [1.29, 1.82) is 0 Å². The van der Waals surface area contributed by atoms with Gasteiger partial charge in [-0.15, -0.1) is 0 Å². The molecule has 2 rings (SSSR count). The minimum atomic E-state index is 0.253. The first-order chi connectivity index (χ1) is 10.2. The van der Waals surface area contributed by atoms with Crippen LogP contribution in [0, 0.1) is 6.92 Å². The average Bonchev–Trinajstić information content (AvgIpc) is 2.49. The van der Waals surface area contributed by atoms with E-state index in [0.29, 0.717) is 0 Å². The van der Waals surface area contributed by atoms with Gasteiger partial charge in [0.1, 0.15) is 5.75 Å². The van der Waals surface area contributed by atoms with Crippen LogP contribution in [0.4, 0.5) is 0 Å². The normalized spacial score (nSPS) is 12.1. The van der Waals surface area contributed by atoms with Crippen LogP contribution < -0.4 is 10.1 Å². The molecule has 0 aliphatic rings. The third kappa shape index (κ3) is 4.91. The van der Waals surface area contributed by atoms with Crippen molar-refractivity contribution in [2.24, 2.45) is 0 Å². The Morgan fingerprint density at radius 3 is 2.62 bits per heavy atom. The molecule has 0 aliphatic carbocycles. The monoisotopic (exact) mass is 283 g/mol. The quantitative estimate of drug-likeness (QED) is 0.810. The first-order valence-electron chi connectivity index (χ1n) is 7.70. The highest BCUT2D eigenvalue weighted by Gasteiger charge is 2.06. The topological polar surface area (TPSA) is 21.3 Å². The fourth-order valence-corrected chi connectivity index (χ4v) is 2.23. The first-order valence-corrected chi connectivity index (χ1v) is 7.70. The maximum atomic E-state index is 5.98. The summed E-state index contributed by atoms with van der Waals surface area (Å²) in [6.07, 6.45) is 1.27. The standard InChI is InChI=1S/C19H25NO/c1-4-16(3)21-19-11-6-5-10-18(19)14-20-13-17-9-7-8-15(2)12-17/h5-12,16,20H,4,13-14H2,1-3H3. The molecule has 21 heavy (non-hydrogen) atoms. The van der Waals surface area contributed by atoms with Crippen molar-refractivity contribution in [3.8, 4) is 5.75 Å². The zero-order valence-electron chi connectivity index (χ0n) is 13.2. The molecule has 1 unspecified atom stereocenters. The molecule has 0 saturated carbocycles. The third-order valence-electron chi connectivity index (χ3n) is 3.60. The van der Waals surface area contributed by atoms with Crippen molar-refractivity contribution in [2.45, 2.75) is 46.4 Å². The largest absolute Gasteiger partial charge is 0.490 e. The zero-order valence-corrected chi connectivity index (χ0v) is 13.2. The maximum absolute atomic E-state index is 5.98. The Kier molecular flexibility index (Phi) is 5.82. The van der Waals surface area contributed by atoms with Crippen molar-refractivity contribution in [1.82, 2.24) is 5.32 Å². The molecule has 1 N–H and O–H groups in total. The van der Waals surface area contributed by atoms with E-state index in [4.69, 9.17) is 4.74 Å². The smallest absolute Gasteiger partial charge is 0.124 e. The van der Waals surface area contributed by atoms with Crippen molar-refractivity contribution in [3.63, 3.8) is 0 Å². The fourth-order valence-electron chi connectivity index (χ4n) is 2.23. The maximum Gasteiger partial charge on any atom is 0.124 e. The summed E-state index contributed by atoms with van der Waals surface area (Å²) in [5.41, 5.74) is 3.83. The number of nitrogens with one attached hydrogen (secondary N) is 1. The van der Waals surface area contributed by atoms with E-state index in [9.17, 15) is 0 Å². The lowest BCUT2D eigenvalue weighted by molar-refractivity contribution is 0.215. The van der Waals surface area contributed by atoms with E-state index in [2.05, 4.69) is 68.6 Å². The van der Waals surface area contributed by atoms with Crippen molar-refractivity contribution in [2.75, 3.05) is 0 Å². The molecule has 0 fully saturated rings. The Morgan fingerprint density at radius 2 is 1.86 bits per heavy atom. The molecular weight excluding hydrogens is 258 g/mol. The number of ether oxygens (including phenoxy) is 1. The summed E-state index contributed by atoms with van der Waals surface area (Å²) in [5, 5.41) is 3.50. The molecule has 0 spiro atoms. The summed E-state index contributed by atoms with van der Waals surface area (Å²) >= 11 is 0. The van der Waals surface area contributed by atoms with Crippen LogP contribution in [0.3, 0.4) is 0 Å². The number of aryl methyl sites for hydroxylation is 1. The van der Waals surface area contributed by atoms with E-state index in [0.717, 1.165) is 25.3 Å². The lowest BCUT2D eigenvalue weighted by atomic mass is 10.1. The van der Waals surface area contributed by atoms with E-state index in [1.165, 1.54) is 16.7 Å². The van der Waals surface area contributed by atoms with Gasteiger partial charge in [0, 0.05) is 18.7 Å². The Labute approximate surface area is 128 Å². The molecule has 0 aliphatic heterocycles. The summed E-state index contributed by atoms with van der Waals surface area (Å²) in [4.78, 5) is 0. The molecule has 0 aromatic heterocycles. The van der Waals surface area contributed by atoms with E-state index in [1.54, 1.807) is 0 Å². The van der Waals surface area contributed by atoms with Crippen LogP contribution in [0.1, 0.15) is 37.0 Å². The van der Waals surface area contributed by atoms with Crippen LogP contribution in [0.2, 0.25) is 0 Å². The highest BCUT2D eigenvalue weighted by Crippen LogP contribution is 2.20. The molecule has 0 heterocycles. The van der Waals surface area contributed by atoms with Crippen LogP contribution >= 0.6 is 0 Å². The summed E-state index contributed by atoms with van der Waals surface area (Å²) in [7, 11) is 0. The third-order valence-corrected chi connectivity index (χ3v) is 3.60. The Hall–Kier alpha value is -1.80. The molecule has 1 atom stereocenters. The second kappa shape index (κ2) is 7.84. The molecule has 112 valence electrons. The van der Waals surface area contributed by atoms with Crippen LogP contribution in [0.5, 0.6) is 5.75 Å². The molecule has 0 bridgehead atoms. The molecule has 2 aromatic rings. The van der Waals surface area contributed by atoms with Gasteiger partial charge in [0.05, 0.1) is 6.10 Å². The van der Waals surface area contributed by atoms with Crippen molar-refractivity contribution >= 4 is 0 Å². The lowest BCUT2D eigenvalue weighted by Crippen LogP contribution is -2.16. The molecule has 0 radical (unpaired) electrons. The van der Waals surface area contributed by atoms with E-state index >= 15 is 0 Å². The number of benzene rings is 2. The zero-order chi connectivity index (χ0) is 15.1. The second-order valence-electron chi connectivity index (χ2n) is 5.54. The van der Waals surface area contributed by atoms with Crippen molar-refractivity contribution < 1.29 is 4.74 Å². The summed E-state index contributed by atoms with van der Waals surface area (Å²) in [6.45, 7) is 8.07. The molecule has 2 nitrogen and oxygen atoms in total. The lowest BCUT2D eigenvalue weighted by Gasteiger charge is -2.16. The summed E-state index contributed by atoms with van der Waals surface area (Å²) in [6, 6.07) is 16.9. The number of rotatable bonds is 7. The summed E-state index contributed by atoms with van der Waals surface area (Å²) in [5.74, 6) is 0.989. The summed E-state index contributed by atoms with van der Waals surface area (Å²) < 4.78 is 5.98. The molecule has 0 amide bonds. The number of para-hydroxylation sites is 1. The average molecular weight is 283 g/mol. The van der Waals surface area contributed by atoms with Crippen molar-refractivity contribution in [3.05, 3.63) is 65.2 Å². The van der Waals surface area contributed by atoms with Crippen LogP contribution in [-0.4, -0.2) is 6.10 Å². The predicted molar refractivity (Wildman–Crippen MR) is 88.5 cm³/mol. The van der Waals surface area contributed by atoms with E-state index in [1.807, 2.05) is 6.07 Å². The predicted octanol–water partition coefficient (Wildman–Crippen LogP) is 4.46. The van der Waals surface area contributed by atoms with E-state index < -0.39 is 0 Å². The van der Waals surface area contributed by atoms with E-state index in [-0.39, 0.29) is 6.10 Å². The molecule has 2 heteroatoms. The number of hydrogen-bond donors (Lipinski definition) is 1. The minimum absolute atomic E-state index is 0.253. The van der Waals surface area contributed by atoms with Gasteiger partial charge >= 0.3 is 0 Å². The van der Waals surface area contributed by atoms with Gasteiger partial charge in [0.15, 0.2) is 0 Å². The van der Waals surface area contributed by atoms with Gasteiger partial charge in [-0.25, -0.2) is 0 Å². The molecule has 0 saturated heterocycles. The second-order valence-corrected chi connectivity index (χ2v) is 5.54. The molecular formula is C19H25NO. The number of hydrogen-bond acceptors (Lipinski definition) is 2. The van der Waals surface area contributed by atoms with Crippen LogP contribution in [0.25, 0.3) is 0 Å². The van der Waals surface area contributed by atoms with Gasteiger partial charge in [-0.05, 0) is 31.9 Å². The Bertz CT molecular complexity index is 565. The van der Waals surface area contributed by atoms with Gasteiger partial charge in [0.2, 0.25) is 0 Å². The Morgan fingerprint density at radius 1 is 1.05 bits per heavy atom. The molecule has 2 aromatic carbocycles. The Balaban J connectivity index is 1.93. The SMILES string of the molecule is CCC(C)Oc1ccccc1CNCc1cccc(C)c1. The van der Waals surface area contributed by atoms with Gasteiger partial charge < -0.3 is 10.1 Å². The minimum Gasteiger partial charge on any atom is -0.490 e.